The Balaban J connectivity index is 1.85. The van der Waals surface area contributed by atoms with Crippen molar-refractivity contribution < 1.29 is 61.4 Å². The quantitative estimate of drug-likeness (QED) is 0.0836. The lowest BCUT2D eigenvalue weighted by molar-refractivity contribution is -0.140. The summed E-state index contributed by atoms with van der Waals surface area (Å²) in [7, 11) is -17.0. The van der Waals surface area contributed by atoms with Crippen LogP contribution in [-0.2, 0) is 37.4 Å². The van der Waals surface area contributed by atoms with Crippen molar-refractivity contribution in [2.75, 3.05) is 12.3 Å². The predicted molar refractivity (Wildman–Crippen MR) is 104 cm³/mol. The summed E-state index contributed by atoms with van der Waals surface area (Å²) in [6.07, 6.45) is -3.75. The van der Waals surface area contributed by atoms with Gasteiger partial charge in [0, 0.05) is 4.91 Å². The van der Waals surface area contributed by atoms with E-state index in [1.54, 1.807) is 0 Å². The molecule has 34 heavy (non-hydrogen) atoms. The van der Waals surface area contributed by atoms with Gasteiger partial charge in [-0.3, -0.25) is 9.09 Å². The van der Waals surface area contributed by atoms with E-state index in [2.05, 4.69) is 38.1 Å². The van der Waals surface area contributed by atoms with E-state index in [0.717, 1.165) is 17.2 Å². The molecular weight excluding hydrogens is 533 g/mol. The van der Waals surface area contributed by atoms with Gasteiger partial charge < -0.3 is 40.3 Å². The van der Waals surface area contributed by atoms with Crippen LogP contribution in [0, 0.1) is 0 Å². The summed E-state index contributed by atoms with van der Waals surface area (Å²) >= 11 is 0. The van der Waals surface area contributed by atoms with Gasteiger partial charge in [0.05, 0.1) is 12.9 Å². The monoisotopic (exact) mass is 548 g/mol. The first kappa shape index (κ1) is 26.6. The minimum Gasteiger partial charge on any atom is -0.387 e. The van der Waals surface area contributed by atoms with E-state index >= 15 is 0 Å². The minimum absolute atomic E-state index is 0.0111. The minimum atomic E-state index is -5.79. The van der Waals surface area contributed by atoms with Gasteiger partial charge >= 0.3 is 23.5 Å². The standard InChI is InChI=1S/C10H15N8O13P3/c11-8-5-9(14-2-13-8)18(3-15-5)10(16-17-12)7(20)6(19)4(29-10)1-28-33(24,25)31-34(26,27)30-32(21,22)23/h2-4,6-7,19-20H,1H2,(H,24,25)(H,26,27)(H2,11,13,14)(H2,21,22,23)/t4-,6-,7-,10+/m1/s1. The van der Waals surface area contributed by atoms with Crippen molar-refractivity contribution in [3.05, 3.63) is 23.1 Å². The number of aliphatic hydroxyl groups is 2. The van der Waals surface area contributed by atoms with Crippen molar-refractivity contribution in [1.82, 2.24) is 19.5 Å². The van der Waals surface area contributed by atoms with Crippen molar-refractivity contribution in [1.29, 1.82) is 0 Å². The zero-order chi connectivity index (χ0) is 25.5. The normalized spacial score (nSPS) is 28.8. The largest absolute Gasteiger partial charge is 0.490 e. The summed E-state index contributed by atoms with van der Waals surface area (Å²) in [4.78, 5) is 49.9. The van der Waals surface area contributed by atoms with Gasteiger partial charge in [0.15, 0.2) is 11.5 Å². The van der Waals surface area contributed by atoms with Crippen molar-refractivity contribution in [2.45, 2.75) is 24.2 Å². The second-order valence-corrected chi connectivity index (χ2v) is 10.8. The number of aliphatic hydroxyl groups excluding tert-OH is 2. The fourth-order valence-corrected chi connectivity index (χ4v) is 5.90. The molecule has 0 bridgehead atoms. The summed E-state index contributed by atoms with van der Waals surface area (Å²) in [6, 6.07) is 0. The molecule has 3 rings (SSSR count). The topological polar surface area (TPSA) is 328 Å². The molecule has 0 saturated carbocycles. The van der Waals surface area contributed by atoms with Crippen molar-refractivity contribution >= 4 is 40.4 Å². The van der Waals surface area contributed by atoms with Crippen molar-refractivity contribution in [3.8, 4) is 0 Å². The molecule has 1 fully saturated rings. The molecule has 8 N–H and O–H groups in total. The molecule has 1 saturated heterocycles. The Morgan fingerprint density at radius 1 is 1.18 bits per heavy atom. The highest BCUT2D eigenvalue weighted by Crippen LogP contribution is 2.66. The Bertz CT molecular complexity index is 1280. The zero-order valence-corrected chi connectivity index (χ0v) is 18.9. The first-order chi connectivity index (χ1) is 15.6. The smallest absolute Gasteiger partial charge is 0.387 e. The molecule has 1 aliphatic heterocycles. The molecule has 6 atom stereocenters. The van der Waals surface area contributed by atoms with Gasteiger partial charge in [0.1, 0.15) is 30.2 Å². The molecule has 24 heteroatoms. The third-order valence-electron chi connectivity index (χ3n) is 4.13. The SMILES string of the molecule is [N-]=[N+]=N[C@@]1(n2cnc3c(N)ncnc32)O[C@H](COP(=O)(O)OP(=O)(O)OP(=O)(O)O)[C@@H](O)[C@H]1O. The molecule has 1 aliphatic rings. The first-order valence-electron chi connectivity index (χ1n) is 8.43. The summed E-state index contributed by atoms with van der Waals surface area (Å²) in [6.45, 7) is -1.14. The number of nitrogen functional groups attached to an aromatic ring is 1. The van der Waals surface area contributed by atoms with E-state index in [-0.39, 0.29) is 17.0 Å². The van der Waals surface area contributed by atoms with Crippen LogP contribution in [0.1, 0.15) is 0 Å². The fourth-order valence-electron chi connectivity index (χ4n) is 2.87. The molecule has 3 heterocycles. The highest BCUT2D eigenvalue weighted by Gasteiger charge is 2.57. The van der Waals surface area contributed by atoms with Crippen LogP contribution in [0.25, 0.3) is 21.6 Å². The Hall–Kier alpha value is -2.05. The molecule has 0 radical (unpaired) electrons. The number of aromatic nitrogens is 4. The lowest BCUT2D eigenvalue weighted by atomic mass is 10.1. The maximum absolute atomic E-state index is 11.9. The number of anilines is 1. The van der Waals surface area contributed by atoms with Gasteiger partial charge in [-0.05, 0) is 10.6 Å². The maximum Gasteiger partial charge on any atom is 0.490 e. The molecule has 0 aliphatic carbocycles. The van der Waals surface area contributed by atoms with Gasteiger partial charge in [0.25, 0.3) is 5.85 Å². The van der Waals surface area contributed by atoms with E-state index in [1.165, 1.54) is 0 Å². The Labute approximate surface area is 186 Å². The number of nitrogens with two attached hydrogens (primary N) is 1. The molecule has 21 nitrogen and oxygen atoms in total. The number of nitrogens with zero attached hydrogens (tertiary/aromatic N) is 7. The van der Waals surface area contributed by atoms with E-state index < -0.39 is 54.2 Å². The van der Waals surface area contributed by atoms with Crippen LogP contribution >= 0.6 is 23.5 Å². The van der Waals surface area contributed by atoms with Crippen molar-refractivity contribution in [3.63, 3.8) is 0 Å². The number of phosphoric acid groups is 3. The second kappa shape index (κ2) is 9.19. The lowest BCUT2D eigenvalue weighted by Gasteiger charge is -2.28. The molecule has 0 spiro atoms. The summed E-state index contributed by atoms with van der Waals surface area (Å²) < 4.78 is 51.8. The number of ether oxygens (including phenoxy) is 1. The molecule has 2 aromatic heterocycles. The molecule has 2 unspecified atom stereocenters. The molecule has 0 amide bonds. The number of azide groups is 1. The average molecular weight is 548 g/mol. The fraction of sp³-hybridized carbons (Fsp3) is 0.500. The van der Waals surface area contributed by atoms with E-state index in [9.17, 15) is 33.7 Å². The van der Waals surface area contributed by atoms with Crippen LogP contribution < -0.4 is 5.73 Å². The van der Waals surface area contributed by atoms with E-state index in [4.69, 9.17) is 25.8 Å². The summed E-state index contributed by atoms with van der Waals surface area (Å²) in [5.74, 6) is -2.55. The third-order valence-corrected chi connectivity index (χ3v) is 7.93. The number of hydrogen-bond acceptors (Lipinski definition) is 14. The lowest BCUT2D eigenvalue weighted by Crippen LogP contribution is -2.43. The molecular formula is C10H15N8O13P3. The summed E-state index contributed by atoms with van der Waals surface area (Å²) in [5.41, 5.74) is 14.6. The number of fused-ring (bicyclic) bond motifs is 1. The van der Waals surface area contributed by atoms with Crippen LogP contribution in [0.4, 0.5) is 5.82 Å². The van der Waals surface area contributed by atoms with Gasteiger partial charge in [0.2, 0.25) is 0 Å². The van der Waals surface area contributed by atoms with Crippen LogP contribution in [0.15, 0.2) is 17.8 Å². The maximum atomic E-state index is 11.9. The number of hydrogen-bond donors (Lipinski definition) is 7. The molecule has 0 aromatic carbocycles. The van der Waals surface area contributed by atoms with Crippen molar-refractivity contribution in [2.24, 2.45) is 5.11 Å². The van der Waals surface area contributed by atoms with E-state index in [1.807, 2.05) is 0 Å². The van der Waals surface area contributed by atoms with Gasteiger partial charge in [-0.1, -0.05) is 0 Å². The number of imidazole rings is 1. The van der Waals surface area contributed by atoms with Gasteiger partial charge in [-0.2, -0.15) is 8.62 Å². The van der Waals surface area contributed by atoms with Crippen LogP contribution in [0.2, 0.25) is 0 Å². The predicted octanol–water partition coefficient (Wildman–Crippen LogP) is -1.21. The number of rotatable bonds is 9. The van der Waals surface area contributed by atoms with E-state index in [0.29, 0.717) is 0 Å². The molecule has 2 aromatic rings. The first-order valence-corrected chi connectivity index (χ1v) is 13.0. The Morgan fingerprint density at radius 2 is 1.85 bits per heavy atom. The van der Waals surface area contributed by atoms with Gasteiger partial charge in [-0.15, -0.1) is 0 Å². The van der Waals surface area contributed by atoms with Crippen LogP contribution in [-0.4, -0.2) is 74.2 Å². The highest BCUT2D eigenvalue weighted by molar-refractivity contribution is 7.66. The summed E-state index contributed by atoms with van der Waals surface area (Å²) in [5, 5.41) is 24.3. The Morgan fingerprint density at radius 3 is 2.47 bits per heavy atom. The second-order valence-electron chi connectivity index (χ2n) is 6.37. The average Bonchev–Trinajstić information content (AvgIpc) is 3.21. The zero-order valence-electron chi connectivity index (χ0n) is 16.2. The third kappa shape index (κ3) is 5.44. The van der Waals surface area contributed by atoms with Crippen LogP contribution in [0.3, 0.4) is 0 Å². The Kier molecular flexibility index (Phi) is 7.18. The molecule has 188 valence electrons. The van der Waals surface area contributed by atoms with Gasteiger partial charge in [-0.25, -0.2) is 28.6 Å². The number of phosphoric ester groups is 1. The van der Waals surface area contributed by atoms with Crippen LogP contribution in [0.5, 0.6) is 0 Å². The highest BCUT2D eigenvalue weighted by atomic mass is 31.3.